The molecule has 0 saturated carbocycles. The van der Waals surface area contributed by atoms with E-state index in [1.54, 1.807) is 28.6 Å². The van der Waals surface area contributed by atoms with E-state index >= 15 is 0 Å². The Morgan fingerprint density at radius 3 is 2.76 bits per heavy atom. The third-order valence-electron chi connectivity index (χ3n) is 3.91. The Morgan fingerprint density at radius 2 is 2.12 bits per heavy atom. The van der Waals surface area contributed by atoms with Crippen molar-refractivity contribution < 1.29 is 17.9 Å². The summed E-state index contributed by atoms with van der Waals surface area (Å²) in [6.45, 7) is 1.69. The smallest absolute Gasteiger partial charge is 0.243 e. The van der Waals surface area contributed by atoms with Gasteiger partial charge in [-0.3, -0.25) is 9.10 Å². The van der Waals surface area contributed by atoms with Gasteiger partial charge in [-0.1, -0.05) is 12.1 Å². The molecule has 0 aliphatic carbocycles. The predicted molar refractivity (Wildman–Crippen MR) is 97.1 cm³/mol. The fourth-order valence-corrected chi connectivity index (χ4v) is 4.01. The van der Waals surface area contributed by atoms with E-state index in [0.717, 1.165) is 21.8 Å². The Labute approximate surface area is 150 Å². The van der Waals surface area contributed by atoms with E-state index < -0.39 is 10.0 Å². The molecule has 0 radical (unpaired) electrons. The minimum absolute atomic E-state index is 0.223. The zero-order chi connectivity index (χ0) is 17.9. The van der Waals surface area contributed by atoms with Crippen molar-refractivity contribution in [1.82, 2.24) is 9.88 Å². The Morgan fingerprint density at radius 1 is 1.36 bits per heavy atom. The summed E-state index contributed by atoms with van der Waals surface area (Å²) in [5.41, 5.74) is 3.76. The second-order valence-electron chi connectivity index (χ2n) is 5.69. The second kappa shape index (κ2) is 7.51. The zero-order valence-electron chi connectivity index (χ0n) is 13.8. The molecule has 1 aliphatic heterocycles. The van der Waals surface area contributed by atoms with Crippen molar-refractivity contribution in [2.75, 3.05) is 43.4 Å². The largest absolute Gasteiger partial charge is 0.378 e. The topological polar surface area (TPSA) is 79.8 Å². The molecular formula is C16H19N3O4S2. The Hall–Kier alpha value is -1.97. The van der Waals surface area contributed by atoms with Crippen LogP contribution in [0.25, 0.3) is 11.3 Å². The highest BCUT2D eigenvalue weighted by atomic mass is 32.2. The maximum atomic E-state index is 12.5. The van der Waals surface area contributed by atoms with Gasteiger partial charge in [0.15, 0.2) is 0 Å². The fourth-order valence-electron chi connectivity index (χ4n) is 2.61. The normalized spacial score (nSPS) is 15.2. The molecule has 1 amide bonds. The lowest BCUT2D eigenvalue weighted by atomic mass is 10.1. The van der Waals surface area contributed by atoms with Gasteiger partial charge < -0.3 is 9.64 Å². The lowest BCUT2D eigenvalue weighted by Gasteiger charge is -2.30. The quantitative estimate of drug-likeness (QED) is 0.783. The maximum absolute atomic E-state index is 12.5. The minimum atomic E-state index is -3.60. The van der Waals surface area contributed by atoms with Gasteiger partial charge in [0.25, 0.3) is 0 Å². The number of thiazole rings is 1. The first-order chi connectivity index (χ1) is 11.9. The highest BCUT2D eigenvalue weighted by molar-refractivity contribution is 7.92. The number of nitrogens with zero attached hydrogens (tertiary/aromatic N) is 3. The fraction of sp³-hybridized carbons (Fsp3) is 0.375. The van der Waals surface area contributed by atoms with Crippen LogP contribution in [-0.4, -0.2) is 63.3 Å². The van der Waals surface area contributed by atoms with E-state index in [1.807, 2.05) is 11.4 Å². The SMILES string of the molecule is CS(=O)(=O)N(CC(=O)N1CCOCC1)c1cccc(-c2cscn2)c1. The number of morpholine rings is 1. The molecule has 1 aromatic carbocycles. The minimum Gasteiger partial charge on any atom is -0.378 e. The standard InChI is InChI=1S/C16H19N3O4S2/c1-25(21,22)19(10-16(20)18-5-7-23-8-6-18)14-4-2-3-13(9-14)15-11-24-12-17-15/h2-4,9,11-12H,5-8,10H2,1H3. The van der Waals surface area contributed by atoms with E-state index in [0.29, 0.717) is 32.0 Å². The molecule has 1 saturated heterocycles. The van der Waals surface area contributed by atoms with E-state index in [-0.39, 0.29) is 12.5 Å². The van der Waals surface area contributed by atoms with Gasteiger partial charge in [-0.25, -0.2) is 13.4 Å². The van der Waals surface area contributed by atoms with Crippen molar-refractivity contribution in [2.24, 2.45) is 0 Å². The lowest BCUT2D eigenvalue weighted by molar-refractivity contribution is -0.133. The van der Waals surface area contributed by atoms with Crippen molar-refractivity contribution in [3.05, 3.63) is 35.2 Å². The summed E-state index contributed by atoms with van der Waals surface area (Å²) in [6.07, 6.45) is 1.11. The summed E-state index contributed by atoms with van der Waals surface area (Å²) in [5, 5.41) is 1.89. The van der Waals surface area contributed by atoms with Crippen molar-refractivity contribution in [3.63, 3.8) is 0 Å². The molecule has 0 spiro atoms. The zero-order valence-corrected chi connectivity index (χ0v) is 15.4. The summed E-state index contributed by atoms with van der Waals surface area (Å²) in [7, 11) is -3.60. The van der Waals surface area contributed by atoms with Crippen molar-refractivity contribution in [1.29, 1.82) is 0 Å². The van der Waals surface area contributed by atoms with Gasteiger partial charge in [0, 0.05) is 24.0 Å². The number of carbonyl (C=O) groups is 1. The monoisotopic (exact) mass is 381 g/mol. The van der Waals surface area contributed by atoms with Gasteiger partial charge in [0.05, 0.1) is 36.4 Å². The Bertz CT molecular complexity index is 831. The molecule has 7 nitrogen and oxygen atoms in total. The number of hydrogen-bond acceptors (Lipinski definition) is 6. The second-order valence-corrected chi connectivity index (χ2v) is 8.31. The van der Waals surface area contributed by atoms with Crippen LogP contribution in [0.3, 0.4) is 0 Å². The first-order valence-corrected chi connectivity index (χ1v) is 10.6. The van der Waals surface area contributed by atoms with E-state index in [9.17, 15) is 13.2 Å². The molecule has 0 N–H and O–H groups in total. The number of aromatic nitrogens is 1. The number of rotatable bonds is 5. The number of ether oxygens (including phenoxy) is 1. The highest BCUT2D eigenvalue weighted by Gasteiger charge is 2.25. The average Bonchev–Trinajstić information content (AvgIpc) is 3.14. The molecule has 1 fully saturated rings. The molecule has 0 atom stereocenters. The highest BCUT2D eigenvalue weighted by Crippen LogP contribution is 2.26. The van der Waals surface area contributed by atoms with Crippen LogP contribution in [0, 0.1) is 0 Å². The van der Waals surface area contributed by atoms with Crippen LogP contribution < -0.4 is 4.31 Å². The van der Waals surface area contributed by atoms with Crippen LogP contribution in [0.2, 0.25) is 0 Å². The molecule has 2 aromatic rings. The third-order valence-corrected chi connectivity index (χ3v) is 5.63. The summed E-state index contributed by atoms with van der Waals surface area (Å²) in [5.74, 6) is -0.229. The number of carbonyl (C=O) groups excluding carboxylic acids is 1. The van der Waals surface area contributed by atoms with Crippen LogP contribution in [0.4, 0.5) is 5.69 Å². The summed E-state index contributed by atoms with van der Waals surface area (Å²) in [6, 6.07) is 7.05. The van der Waals surface area contributed by atoms with Crippen molar-refractivity contribution in [3.8, 4) is 11.3 Å². The molecule has 2 heterocycles. The Balaban J connectivity index is 1.86. The maximum Gasteiger partial charge on any atom is 0.243 e. The molecule has 1 aliphatic rings. The third kappa shape index (κ3) is 4.36. The molecule has 0 unspecified atom stereocenters. The van der Waals surface area contributed by atoms with Crippen molar-refractivity contribution >= 4 is 33.0 Å². The summed E-state index contributed by atoms with van der Waals surface area (Å²) in [4.78, 5) is 18.4. The first kappa shape index (κ1) is 17.8. The van der Waals surface area contributed by atoms with Crippen LogP contribution in [0.5, 0.6) is 0 Å². The molecular weight excluding hydrogens is 362 g/mol. The summed E-state index contributed by atoms with van der Waals surface area (Å²) < 4.78 is 30.9. The van der Waals surface area contributed by atoms with Crippen LogP contribution >= 0.6 is 11.3 Å². The van der Waals surface area contributed by atoms with Crippen LogP contribution in [-0.2, 0) is 19.6 Å². The molecule has 0 bridgehead atoms. The van der Waals surface area contributed by atoms with Gasteiger partial charge in [-0.05, 0) is 12.1 Å². The van der Waals surface area contributed by atoms with E-state index in [4.69, 9.17) is 4.74 Å². The lowest BCUT2D eigenvalue weighted by Crippen LogP contribution is -2.47. The van der Waals surface area contributed by atoms with Gasteiger partial charge in [0.2, 0.25) is 15.9 Å². The van der Waals surface area contributed by atoms with Crippen molar-refractivity contribution in [2.45, 2.75) is 0 Å². The van der Waals surface area contributed by atoms with Crippen LogP contribution in [0.15, 0.2) is 35.2 Å². The number of sulfonamides is 1. The molecule has 3 rings (SSSR count). The predicted octanol–water partition coefficient (Wildman–Crippen LogP) is 1.43. The van der Waals surface area contributed by atoms with Gasteiger partial charge >= 0.3 is 0 Å². The summed E-state index contributed by atoms with van der Waals surface area (Å²) >= 11 is 1.47. The van der Waals surface area contributed by atoms with Crippen LogP contribution in [0.1, 0.15) is 0 Å². The Kier molecular flexibility index (Phi) is 5.36. The van der Waals surface area contributed by atoms with E-state index in [1.165, 1.54) is 11.3 Å². The molecule has 25 heavy (non-hydrogen) atoms. The number of anilines is 1. The van der Waals surface area contributed by atoms with Gasteiger partial charge in [-0.2, -0.15) is 0 Å². The number of amides is 1. The molecule has 134 valence electrons. The van der Waals surface area contributed by atoms with Gasteiger partial charge in [-0.15, -0.1) is 11.3 Å². The molecule has 9 heteroatoms. The van der Waals surface area contributed by atoms with E-state index in [2.05, 4.69) is 4.98 Å². The number of hydrogen-bond donors (Lipinski definition) is 0. The van der Waals surface area contributed by atoms with Gasteiger partial charge in [0.1, 0.15) is 6.54 Å². The molecule has 1 aromatic heterocycles. The first-order valence-electron chi connectivity index (χ1n) is 7.77. The average molecular weight is 381 g/mol. The number of benzene rings is 1.